The summed E-state index contributed by atoms with van der Waals surface area (Å²) in [6.45, 7) is 0.212. The van der Waals surface area contributed by atoms with Crippen LogP contribution < -0.4 is 4.74 Å². The molecule has 0 radical (unpaired) electrons. The van der Waals surface area contributed by atoms with E-state index in [9.17, 15) is 5.11 Å². The van der Waals surface area contributed by atoms with E-state index in [4.69, 9.17) is 9.47 Å². The summed E-state index contributed by atoms with van der Waals surface area (Å²) in [7, 11) is 1.58. The molecule has 0 unspecified atom stereocenters. The lowest BCUT2D eigenvalue weighted by Gasteiger charge is -2.10. The standard InChI is InChI=1S/C13H14O3/c1-15-9-16-12-7-3-5-10-4-2-6-11(8-14)13(10)12/h2-7,14H,8-9H2,1H3. The van der Waals surface area contributed by atoms with Crippen LogP contribution in [-0.4, -0.2) is 19.0 Å². The van der Waals surface area contributed by atoms with Gasteiger partial charge in [0.2, 0.25) is 0 Å². The Labute approximate surface area is 94.2 Å². The Kier molecular flexibility index (Phi) is 3.39. The fraction of sp³-hybridized carbons (Fsp3) is 0.231. The SMILES string of the molecule is COCOc1cccc2cccc(CO)c12. The molecule has 3 nitrogen and oxygen atoms in total. The lowest BCUT2D eigenvalue weighted by atomic mass is 10.0. The topological polar surface area (TPSA) is 38.7 Å². The van der Waals surface area contributed by atoms with Crippen molar-refractivity contribution >= 4 is 10.8 Å². The molecule has 2 aromatic rings. The summed E-state index contributed by atoms with van der Waals surface area (Å²) in [5, 5.41) is 11.3. The van der Waals surface area contributed by atoms with Crippen molar-refractivity contribution in [3.63, 3.8) is 0 Å². The highest BCUT2D eigenvalue weighted by Gasteiger charge is 2.06. The van der Waals surface area contributed by atoms with E-state index in [0.717, 1.165) is 22.1 Å². The second-order valence-corrected chi connectivity index (χ2v) is 3.48. The van der Waals surface area contributed by atoms with Crippen LogP contribution in [0.1, 0.15) is 5.56 Å². The Hall–Kier alpha value is -1.58. The molecule has 0 fully saturated rings. The monoisotopic (exact) mass is 218 g/mol. The normalized spacial score (nSPS) is 10.6. The van der Waals surface area contributed by atoms with Gasteiger partial charge in [0, 0.05) is 12.5 Å². The second-order valence-electron chi connectivity index (χ2n) is 3.48. The smallest absolute Gasteiger partial charge is 0.188 e. The van der Waals surface area contributed by atoms with Gasteiger partial charge in [-0.2, -0.15) is 0 Å². The average molecular weight is 218 g/mol. The number of methoxy groups -OCH3 is 1. The Morgan fingerprint density at radius 1 is 1.12 bits per heavy atom. The van der Waals surface area contributed by atoms with Crippen molar-refractivity contribution in [3.05, 3.63) is 42.0 Å². The molecule has 0 saturated heterocycles. The highest BCUT2D eigenvalue weighted by atomic mass is 16.7. The van der Waals surface area contributed by atoms with Crippen molar-refractivity contribution in [3.8, 4) is 5.75 Å². The van der Waals surface area contributed by atoms with Gasteiger partial charge in [0.1, 0.15) is 5.75 Å². The second kappa shape index (κ2) is 4.96. The van der Waals surface area contributed by atoms with Crippen molar-refractivity contribution < 1.29 is 14.6 Å². The van der Waals surface area contributed by atoms with Crippen LogP contribution in [0.4, 0.5) is 0 Å². The third-order valence-corrected chi connectivity index (χ3v) is 2.46. The highest BCUT2D eigenvalue weighted by Crippen LogP contribution is 2.29. The Morgan fingerprint density at radius 3 is 2.56 bits per heavy atom. The summed E-state index contributed by atoms with van der Waals surface area (Å²) in [5.74, 6) is 0.740. The van der Waals surface area contributed by atoms with Gasteiger partial charge in [-0.15, -0.1) is 0 Å². The molecule has 0 bridgehead atoms. The van der Waals surface area contributed by atoms with Crippen LogP contribution in [0, 0.1) is 0 Å². The highest BCUT2D eigenvalue weighted by molar-refractivity contribution is 5.91. The molecule has 0 aliphatic carbocycles. The number of hydrogen-bond acceptors (Lipinski definition) is 3. The Balaban J connectivity index is 2.54. The third-order valence-electron chi connectivity index (χ3n) is 2.46. The van der Waals surface area contributed by atoms with Crippen molar-refractivity contribution in [2.75, 3.05) is 13.9 Å². The minimum atomic E-state index is 0.00466. The van der Waals surface area contributed by atoms with E-state index in [0.29, 0.717) is 0 Å². The number of aliphatic hydroxyl groups excluding tert-OH is 1. The van der Waals surface area contributed by atoms with Gasteiger partial charge in [-0.1, -0.05) is 30.3 Å². The minimum absolute atomic E-state index is 0.00466. The largest absolute Gasteiger partial charge is 0.467 e. The first-order valence-corrected chi connectivity index (χ1v) is 5.10. The average Bonchev–Trinajstić information content (AvgIpc) is 2.35. The molecule has 3 heteroatoms. The van der Waals surface area contributed by atoms with Gasteiger partial charge in [0.15, 0.2) is 6.79 Å². The van der Waals surface area contributed by atoms with Crippen molar-refractivity contribution in [1.82, 2.24) is 0 Å². The first-order valence-electron chi connectivity index (χ1n) is 5.10. The quantitative estimate of drug-likeness (QED) is 0.800. The Bertz CT molecular complexity index is 474. The predicted molar refractivity (Wildman–Crippen MR) is 62.4 cm³/mol. The zero-order valence-corrected chi connectivity index (χ0v) is 9.14. The molecule has 84 valence electrons. The molecule has 0 saturated carbocycles. The van der Waals surface area contributed by atoms with Crippen LogP contribution in [0.15, 0.2) is 36.4 Å². The number of fused-ring (bicyclic) bond motifs is 1. The molecule has 0 aliphatic heterocycles. The van der Waals surface area contributed by atoms with E-state index < -0.39 is 0 Å². The van der Waals surface area contributed by atoms with Crippen molar-refractivity contribution in [2.24, 2.45) is 0 Å². The van der Waals surface area contributed by atoms with Crippen molar-refractivity contribution in [1.29, 1.82) is 0 Å². The zero-order valence-electron chi connectivity index (χ0n) is 9.14. The van der Waals surface area contributed by atoms with E-state index in [-0.39, 0.29) is 13.4 Å². The molecular formula is C13H14O3. The number of rotatable bonds is 4. The molecule has 1 N–H and O–H groups in total. The summed E-state index contributed by atoms with van der Waals surface area (Å²) < 4.78 is 10.4. The third kappa shape index (κ3) is 2.01. The van der Waals surface area contributed by atoms with Crippen molar-refractivity contribution in [2.45, 2.75) is 6.61 Å². The first-order chi connectivity index (χ1) is 7.86. The van der Waals surface area contributed by atoms with E-state index in [1.165, 1.54) is 0 Å². The molecule has 0 heterocycles. The molecule has 0 amide bonds. The molecule has 0 aromatic heterocycles. The first kappa shape index (κ1) is 10.9. The Morgan fingerprint density at radius 2 is 1.88 bits per heavy atom. The fourth-order valence-electron chi connectivity index (χ4n) is 1.76. The van der Waals surface area contributed by atoms with Gasteiger partial charge in [-0.3, -0.25) is 0 Å². The molecule has 0 aliphatic rings. The lowest BCUT2D eigenvalue weighted by Crippen LogP contribution is -2.00. The summed E-state index contributed by atoms with van der Waals surface area (Å²) in [4.78, 5) is 0. The van der Waals surface area contributed by atoms with Gasteiger partial charge in [-0.05, 0) is 17.0 Å². The molecule has 2 aromatic carbocycles. The lowest BCUT2D eigenvalue weighted by molar-refractivity contribution is 0.0521. The van der Waals surface area contributed by atoms with E-state index in [2.05, 4.69) is 0 Å². The van der Waals surface area contributed by atoms with Crippen LogP contribution >= 0.6 is 0 Å². The van der Waals surface area contributed by atoms with E-state index in [1.54, 1.807) is 7.11 Å². The van der Waals surface area contributed by atoms with E-state index in [1.807, 2.05) is 36.4 Å². The zero-order chi connectivity index (χ0) is 11.4. The predicted octanol–water partition coefficient (Wildman–Crippen LogP) is 2.31. The van der Waals surface area contributed by atoms with Gasteiger partial charge < -0.3 is 14.6 Å². The van der Waals surface area contributed by atoms with Gasteiger partial charge in [0.05, 0.1) is 6.61 Å². The van der Waals surface area contributed by atoms with Gasteiger partial charge in [-0.25, -0.2) is 0 Å². The summed E-state index contributed by atoms with van der Waals surface area (Å²) in [5.41, 5.74) is 0.865. The summed E-state index contributed by atoms with van der Waals surface area (Å²) in [6, 6.07) is 11.6. The molecule has 2 rings (SSSR count). The molecule has 16 heavy (non-hydrogen) atoms. The van der Waals surface area contributed by atoms with Crippen LogP contribution in [-0.2, 0) is 11.3 Å². The van der Waals surface area contributed by atoms with Gasteiger partial charge in [0.25, 0.3) is 0 Å². The van der Waals surface area contributed by atoms with E-state index >= 15 is 0 Å². The number of hydrogen-bond donors (Lipinski definition) is 1. The molecular weight excluding hydrogens is 204 g/mol. The fourth-order valence-corrected chi connectivity index (χ4v) is 1.76. The number of aliphatic hydroxyl groups is 1. The molecule has 0 atom stereocenters. The van der Waals surface area contributed by atoms with Crippen LogP contribution in [0.2, 0.25) is 0 Å². The number of benzene rings is 2. The minimum Gasteiger partial charge on any atom is -0.467 e. The van der Waals surface area contributed by atoms with Crippen LogP contribution in [0.3, 0.4) is 0 Å². The maximum atomic E-state index is 9.30. The summed E-state index contributed by atoms with van der Waals surface area (Å²) >= 11 is 0. The summed E-state index contributed by atoms with van der Waals surface area (Å²) in [6.07, 6.45) is 0. The van der Waals surface area contributed by atoms with Gasteiger partial charge >= 0.3 is 0 Å². The maximum absolute atomic E-state index is 9.30. The number of ether oxygens (including phenoxy) is 2. The molecule has 0 spiro atoms. The van der Waals surface area contributed by atoms with Crippen LogP contribution in [0.25, 0.3) is 10.8 Å². The van der Waals surface area contributed by atoms with Crippen LogP contribution in [0.5, 0.6) is 5.75 Å². The maximum Gasteiger partial charge on any atom is 0.188 e.